The van der Waals surface area contributed by atoms with Gasteiger partial charge in [0.15, 0.2) is 0 Å². The number of likely N-dealkylation sites (tertiary alicyclic amines) is 1. The minimum atomic E-state index is 0.121. The van der Waals surface area contributed by atoms with Crippen molar-refractivity contribution >= 4 is 5.91 Å². The van der Waals surface area contributed by atoms with E-state index < -0.39 is 0 Å². The lowest BCUT2D eigenvalue weighted by molar-refractivity contribution is -0.132. The highest BCUT2D eigenvalue weighted by Crippen LogP contribution is 2.24. The number of amides is 1. The molecule has 1 N–H and O–H groups in total. The van der Waals surface area contributed by atoms with Crippen molar-refractivity contribution in [2.24, 2.45) is 11.8 Å². The Kier molecular flexibility index (Phi) is 3.29. The average Bonchev–Trinajstić information content (AvgIpc) is 2.88. The molecule has 0 aromatic rings. The van der Waals surface area contributed by atoms with Crippen molar-refractivity contribution in [3.8, 4) is 0 Å². The summed E-state index contributed by atoms with van der Waals surface area (Å²) in [6.45, 7) is 7.48. The van der Waals surface area contributed by atoms with Crippen LogP contribution in [0.1, 0.15) is 33.1 Å². The van der Waals surface area contributed by atoms with Gasteiger partial charge in [0.05, 0.1) is 6.04 Å². The maximum Gasteiger partial charge on any atom is 0.239 e. The fourth-order valence-electron chi connectivity index (χ4n) is 2.65. The molecule has 86 valence electrons. The molecular weight excluding hydrogens is 188 g/mol. The minimum absolute atomic E-state index is 0.121. The lowest BCUT2D eigenvalue weighted by Gasteiger charge is -2.21. The van der Waals surface area contributed by atoms with Crippen LogP contribution in [0.4, 0.5) is 0 Å². The summed E-state index contributed by atoms with van der Waals surface area (Å²) in [4.78, 5) is 14.1. The van der Waals surface area contributed by atoms with Gasteiger partial charge in [-0.05, 0) is 37.6 Å². The van der Waals surface area contributed by atoms with Gasteiger partial charge in [-0.3, -0.25) is 4.79 Å². The van der Waals surface area contributed by atoms with E-state index in [1.54, 1.807) is 0 Å². The zero-order valence-corrected chi connectivity index (χ0v) is 9.83. The van der Waals surface area contributed by atoms with Gasteiger partial charge in [-0.15, -0.1) is 0 Å². The standard InChI is InChI=1S/C12H22N2O/c1-9(2)10-5-7-14(8-10)12(15)11-4-3-6-13-11/h9-11,13H,3-8H2,1-2H3/t10?,11-/m0/s1. The first-order chi connectivity index (χ1) is 7.18. The second-order valence-electron chi connectivity index (χ2n) is 5.23. The topological polar surface area (TPSA) is 32.3 Å². The fourth-order valence-corrected chi connectivity index (χ4v) is 2.65. The molecule has 3 heteroatoms. The summed E-state index contributed by atoms with van der Waals surface area (Å²) in [6, 6.07) is 0.121. The molecule has 2 rings (SSSR count). The number of carbonyl (C=O) groups excluding carboxylic acids is 1. The van der Waals surface area contributed by atoms with E-state index in [0.29, 0.717) is 11.8 Å². The number of hydrogen-bond acceptors (Lipinski definition) is 2. The van der Waals surface area contributed by atoms with Gasteiger partial charge in [-0.25, -0.2) is 0 Å². The predicted molar refractivity (Wildman–Crippen MR) is 60.5 cm³/mol. The third-order valence-electron chi connectivity index (χ3n) is 3.84. The van der Waals surface area contributed by atoms with E-state index >= 15 is 0 Å². The Balaban J connectivity index is 1.87. The molecule has 1 amide bonds. The number of nitrogens with one attached hydrogen (secondary N) is 1. The summed E-state index contributed by atoms with van der Waals surface area (Å²) in [6.07, 6.45) is 3.37. The highest BCUT2D eigenvalue weighted by molar-refractivity contribution is 5.82. The van der Waals surface area contributed by atoms with Crippen LogP contribution in [0.2, 0.25) is 0 Å². The van der Waals surface area contributed by atoms with Gasteiger partial charge in [0.25, 0.3) is 0 Å². The molecule has 0 aliphatic carbocycles. The molecule has 0 bridgehead atoms. The van der Waals surface area contributed by atoms with Gasteiger partial charge in [0.2, 0.25) is 5.91 Å². The van der Waals surface area contributed by atoms with E-state index in [4.69, 9.17) is 0 Å². The lowest BCUT2D eigenvalue weighted by atomic mass is 9.95. The summed E-state index contributed by atoms with van der Waals surface area (Å²) >= 11 is 0. The molecule has 2 aliphatic rings. The van der Waals surface area contributed by atoms with Crippen LogP contribution in [0.15, 0.2) is 0 Å². The van der Waals surface area contributed by atoms with Crippen molar-refractivity contribution in [2.75, 3.05) is 19.6 Å². The highest BCUT2D eigenvalue weighted by Gasteiger charge is 2.32. The van der Waals surface area contributed by atoms with Crippen molar-refractivity contribution in [1.29, 1.82) is 0 Å². The minimum Gasteiger partial charge on any atom is -0.341 e. The van der Waals surface area contributed by atoms with E-state index in [-0.39, 0.29) is 6.04 Å². The van der Waals surface area contributed by atoms with Crippen LogP contribution < -0.4 is 5.32 Å². The third kappa shape index (κ3) is 2.33. The average molecular weight is 210 g/mol. The summed E-state index contributed by atoms with van der Waals surface area (Å²) in [5.41, 5.74) is 0. The number of nitrogens with zero attached hydrogens (tertiary/aromatic N) is 1. The predicted octanol–water partition coefficient (Wildman–Crippen LogP) is 1.24. The molecule has 2 fully saturated rings. The summed E-state index contributed by atoms with van der Waals surface area (Å²) in [7, 11) is 0. The van der Waals surface area contributed by atoms with E-state index in [2.05, 4.69) is 24.1 Å². The van der Waals surface area contributed by atoms with Crippen molar-refractivity contribution < 1.29 is 4.79 Å². The molecule has 2 atom stereocenters. The Labute approximate surface area is 92.2 Å². The molecule has 0 aromatic heterocycles. The van der Waals surface area contributed by atoms with Crippen LogP contribution in [-0.4, -0.2) is 36.5 Å². The quantitative estimate of drug-likeness (QED) is 0.744. The molecule has 3 nitrogen and oxygen atoms in total. The van der Waals surface area contributed by atoms with Crippen molar-refractivity contribution in [1.82, 2.24) is 10.2 Å². The fraction of sp³-hybridized carbons (Fsp3) is 0.917. The maximum absolute atomic E-state index is 12.1. The molecular formula is C12H22N2O. The van der Waals surface area contributed by atoms with Crippen LogP contribution in [0, 0.1) is 11.8 Å². The monoisotopic (exact) mass is 210 g/mol. The van der Waals surface area contributed by atoms with E-state index in [9.17, 15) is 4.79 Å². The zero-order valence-electron chi connectivity index (χ0n) is 9.83. The van der Waals surface area contributed by atoms with Gasteiger partial charge in [0, 0.05) is 13.1 Å². The molecule has 0 spiro atoms. The lowest BCUT2D eigenvalue weighted by Crippen LogP contribution is -2.42. The van der Waals surface area contributed by atoms with Crippen LogP contribution in [0.25, 0.3) is 0 Å². The van der Waals surface area contributed by atoms with Crippen LogP contribution in [0.5, 0.6) is 0 Å². The van der Waals surface area contributed by atoms with Gasteiger partial charge in [-0.2, -0.15) is 0 Å². The maximum atomic E-state index is 12.1. The Morgan fingerprint density at radius 1 is 1.40 bits per heavy atom. The molecule has 0 radical (unpaired) electrons. The van der Waals surface area contributed by atoms with Crippen molar-refractivity contribution in [3.63, 3.8) is 0 Å². The van der Waals surface area contributed by atoms with E-state index in [1.807, 2.05) is 0 Å². The third-order valence-corrected chi connectivity index (χ3v) is 3.84. The first-order valence-corrected chi connectivity index (χ1v) is 6.20. The molecule has 2 heterocycles. The van der Waals surface area contributed by atoms with Crippen LogP contribution in [-0.2, 0) is 4.79 Å². The van der Waals surface area contributed by atoms with Crippen molar-refractivity contribution in [2.45, 2.75) is 39.2 Å². The summed E-state index contributed by atoms with van der Waals surface area (Å²) in [5, 5.41) is 3.29. The second kappa shape index (κ2) is 4.52. The highest BCUT2D eigenvalue weighted by atomic mass is 16.2. The van der Waals surface area contributed by atoms with Gasteiger partial charge >= 0.3 is 0 Å². The Hall–Kier alpha value is -0.570. The number of rotatable bonds is 2. The van der Waals surface area contributed by atoms with Crippen molar-refractivity contribution in [3.05, 3.63) is 0 Å². The molecule has 2 saturated heterocycles. The Bertz CT molecular complexity index is 234. The summed E-state index contributed by atoms with van der Waals surface area (Å²) in [5.74, 6) is 1.77. The van der Waals surface area contributed by atoms with Crippen LogP contribution >= 0.6 is 0 Å². The smallest absolute Gasteiger partial charge is 0.239 e. The SMILES string of the molecule is CC(C)C1CCN(C(=O)[C@@H]2CCCN2)C1. The Morgan fingerprint density at radius 3 is 2.73 bits per heavy atom. The van der Waals surface area contributed by atoms with Gasteiger partial charge < -0.3 is 10.2 Å². The molecule has 2 aliphatic heterocycles. The number of hydrogen-bond donors (Lipinski definition) is 1. The summed E-state index contributed by atoms with van der Waals surface area (Å²) < 4.78 is 0. The molecule has 0 saturated carbocycles. The molecule has 15 heavy (non-hydrogen) atoms. The van der Waals surface area contributed by atoms with E-state index in [0.717, 1.165) is 38.4 Å². The van der Waals surface area contributed by atoms with Crippen LogP contribution in [0.3, 0.4) is 0 Å². The van der Waals surface area contributed by atoms with E-state index in [1.165, 1.54) is 6.42 Å². The second-order valence-corrected chi connectivity index (χ2v) is 5.23. The molecule has 0 aromatic carbocycles. The largest absolute Gasteiger partial charge is 0.341 e. The molecule has 1 unspecified atom stereocenters. The Morgan fingerprint density at radius 2 is 2.20 bits per heavy atom. The zero-order chi connectivity index (χ0) is 10.8. The van der Waals surface area contributed by atoms with Gasteiger partial charge in [-0.1, -0.05) is 13.8 Å². The normalized spacial score (nSPS) is 31.5. The first kappa shape index (κ1) is 10.9. The number of carbonyl (C=O) groups is 1. The first-order valence-electron chi connectivity index (χ1n) is 6.20. The van der Waals surface area contributed by atoms with Gasteiger partial charge in [0.1, 0.15) is 0 Å².